The molecule has 1 saturated heterocycles. The summed E-state index contributed by atoms with van der Waals surface area (Å²) in [5.41, 5.74) is 1.37. The van der Waals surface area contributed by atoms with Crippen LogP contribution in [0.5, 0.6) is 0 Å². The van der Waals surface area contributed by atoms with Gasteiger partial charge in [-0.15, -0.1) is 0 Å². The number of nitrogens with zero attached hydrogens (tertiary/aromatic N) is 2. The second-order valence-electron chi connectivity index (χ2n) is 5.47. The number of carbonyl (C=O) groups excluding carboxylic acids is 1. The van der Waals surface area contributed by atoms with E-state index in [1.807, 2.05) is 0 Å². The predicted octanol–water partition coefficient (Wildman–Crippen LogP) is 0.303. The Morgan fingerprint density at radius 2 is 1.76 bits per heavy atom. The lowest BCUT2D eigenvalue weighted by Gasteiger charge is -2.34. The highest BCUT2D eigenvalue weighted by molar-refractivity contribution is 5.76. The summed E-state index contributed by atoms with van der Waals surface area (Å²) in [6.45, 7) is 6.62. The highest BCUT2D eigenvalue weighted by Crippen LogP contribution is 2.08. The van der Waals surface area contributed by atoms with Crippen molar-refractivity contribution in [3.8, 4) is 0 Å². The molecule has 1 fully saturated rings. The van der Waals surface area contributed by atoms with Crippen molar-refractivity contribution in [1.82, 2.24) is 15.1 Å². The highest BCUT2D eigenvalue weighted by Gasteiger charge is 2.16. The summed E-state index contributed by atoms with van der Waals surface area (Å²) in [6, 6.07) is 10.6. The summed E-state index contributed by atoms with van der Waals surface area (Å²) in [7, 11) is 0. The van der Waals surface area contributed by atoms with Crippen molar-refractivity contribution in [3.05, 3.63) is 35.9 Å². The molecule has 5 nitrogen and oxygen atoms in total. The molecule has 0 radical (unpaired) electrons. The van der Waals surface area contributed by atoms with Crippen molar-refractivity contribution in [3.63, 3.8) is 0 Å². The summed E-state index contributed by atoms with van der Waals surface area (Å²) < 4.78 is 0. The number of aliphatic hydroxyl groups excluding tert-OH is 1. The molecule has 1 heterocycles. The van der Waals surface area contributed by atoms with Crippen molar-refractivity contribution >= 4 is 5.91 Å². The third kappa shape index (κ3) is 5.83. The normalized spacial score (nSPS) is 16.8. The van der Waals surface area contributed by atoms with E-state index >= 15 is 0 Å². The van der Waals surface area contributed by atoms with E-state index in [-0.39, 0.29) is 5.91 Å². The number of aliphatic hydroxyl groups is 1. The number of nitrogens with one attached hydrogen (secondary N) is 1. The second-order valence-corrected chi connectivity index (χ2v) is 5.47. The van der Waals surface area contributed by atoms with Gasteiger partial charge < -0.3 is 15.3 Å². The van der Waals surface area contributed by atoms with E-state index < -0.39 is 6.61 Å². The van der Waals surface area contributed by atoms with Gasteiger partial charge >= 0.3 is 0 Å². The van der Waals surface area contributed by atoms with Crippen LogP contribution in [0.1, 0.15) is 12.0 Å². The number of hydrogen-bond acceptors (Lipinski definition) is 4. The fourth-order valence-corrected chi connectivity index (χ4v) is 2.60. The van der Waals surface area contributed by atoms with E-state index in [0.717, 1.165) is 45.7 Å². The molecule has 0 atom stereocenters. The molecule has 0 unspecified atom stereocenters. The van der Waals surface area contributed by atoms with E-state index in [1.165, 1.54) is 5.56 Å². The molecule has 0 bridgehead atoms. The first-order valence-electron chi connectivity index (χ1n) is 7.64. The molecule has 2 rings (SSSR count). The fourth-order valence-electron chi connectivity index (χ4n) is 2.60. The SMILES string of the molecule is O=C(CO)NCCCN1CCN(Cc2ccccc2)CC1. The van der Waals surface area contributed by atoms with Gasteiger partial charge in [-0.05, 0) is 18.5 Å². The van der Waals surface area contributed by atoms with Crippen molar-refractivity contribution in [2.45, 2.75) is 13.0 Å². The summed E-state index contributed by atoms with van der Waals surface area (Å²) in [6.07, 6.45) is 0.935. The number of piperazine rings is 1. The maximum absolute atomic E-state index is 10.9. The van der Waals surface area contributed by atoms with Crippen LogP contribution in [-0.4, -0.2) is 66.7 Å². The first-order valence-corrected chi connectivity index (χ1v) is 7.64. The zero-order valence-corrected chi connectivity index (χ0v) is 12.5. The molecule has 1 aromatic carbocycles. The van der Waals surface area contributed by atoms with Gasteiger partial charge in [0.15, 0.2) is 0 Å². The van der Waals surface area contributed by atoms with Crippen LogP contribution in [0, 0.1) is 0 Å². The van der Waals surface area contributed by atoms with Gasteiger partial charge in [-0.25, -0.2) is 0 Å². The topological polar surface area (TPSA) is 55.8 Å². The number of carbonyl (C=O) groups is 1. The first kappa shape index (κ1) is 15.9. The van der Waals surface area contributed by atoms with E-state index in [2.05, 4.69) is 45.4 Å². The number of rotatable bonds is 7. The molecule has 1 aliphatic heterocycles. The van der Waals surface area contributed by atoms with Crippen LogP contribution in [0.2, 0.25) is 0 Å². The molecule has 0 aliphatic carbocycles. The molecule has 5 heteroatoms. The molecule has 21 heavy (non-hydrogen) atoms. The lowest BCUT2D eigenvalue weighted by Crippen LogP contribution is -2.46. The van der Waals surface area contributed by atoms with Gasteiger partial charge in [-0.1, -0.05) is 30.3 Å². The van der Waals surface area contributed by atoms with Crippen molar-refractivity contribution in [2.24, 2.45) is 0 Å². The van der Waals surface area contributed by atoms with E-state index in [0.29, 0.717) is 6.54 Å². The summed E-state index contributed by atoms with van der Waals surface area (Å²) in [4.78, 5) is 15.8. The standard InChI is InChI=1S/C16H25N3O2/c20-14-16(21)17-7-4-8-18-9-11-19(12-10-18)13-15-5-2-1-3-6-15/h1-3,5-6,20H,4,7-14H2,(H,17,21). The minimum atomic E-state index is -0.418. The van der Waals surface area contributed by atoms with E-state index in [9.17, 15) is 4.79 Å². The smallest absolute Gasteiger partial charge is 0.245 e. The van der Waals surface area contributed by atoms with Gasteiger partial charge in [0.05, 0.1) is 0 Å². The van der Waals surface area contributed by atoms with Gasteiger partial charge in [-0.2, -0.15) is 0 Å². The molecule has 1 aromatic rings. The Bertz CT molecular complexity index is 417. The zero-order valence-electron chi connectivity index (χ0n) is 12.5. The summed E-state index contributed by atoms with van der Waals surface area (Å²) in [5, 5.41) is 11.3. The maximum Gasteiger partial charge on any atom is 0.245 e. The van der Waals surface area contributed by atoms with Crippen molar-refractivity contribution in [1.29, 1.82) is 0 Å². The quantitative estimate of drug-likeness (QED) is 0.710. The Hall–Kier alpha value is -1.43. The summed E-state index contributed by atoms with van der Waals surface area (Å²) in [5.74, 6) is -0.289. The van der Waals surface area contributed by atoms with Crippen LogP contribution < -0.4 is 5.32 Å². The third-order valence-corrected chi connectivity index (χ3v) is 3.83. The molecule has 2 N–H and O–H groups in total. The third-order valence-electron chi connectivity index (χ3n) is 3.83. The molecular formula is C16H25N3O2. The van der Waals surface area contributed by atoms with Crippen LogP contribution in [-0.2, 0) is 11.3 Å². The van der Waals surface area contributed by atoms with Crippen LogP contribution >= 0.6 is 0 Å². The van der Waals surface area contributed by atoms with Gasteiger partial charge in [-0.3, -0.25) is 9.69 Å². The number of amides is 1. The van der Waals surface area contributed by atoms with Crippen molar-refractivity contribution in [2.75, 3.05) is 45.9 Å². The van der Waals surface area contributed by atoms with Crippen LogP contribution in [0.4, 0.5) is 0 Å². The molecule has 0 saturated carbocycles. The molecule has 1 amide bonds. The van der Waals surface area contributed by atoms with Crippen LogP contribution in [0.25, 0.3) is 0 Å². The minimum Gasteiger partial charge on any atom is -0.387 e. The van der Waals surface area contributed by atoms with Crippen LogP contribution in [0.15, 0.2) is 30.3 Å². The molecular weight excluding hydrogens is 266 g/mol. The molecule has 0 aromatic heterocycles. The largest absolute Gasteiger partial charge is 0.387 e. The van der Waals surface area contributed by atoms with Crippen molar-refractivity contribution < 1.29 is 9.90 Å². The average Bonchev–Trinajstić information content (AvgIpc) is 2.54. The summed E-state index contributed by atoms with van der Waals surface area (Å²) >= 11 is 0. The Labute approximate surface area is 126 Å². The Morgan fingerprint density at radius 1 is 1.10 bits per heavy atom. The number of hydrogen-bond donors (Lipinski definition) is 2. The fraction of sp³-hybridized carbons (Fsp3) is 0.562. The molecule has 1 aliphatic rings. The van der Waals surface area contributed by atoms with Gasteiger partial charge in [0.2, 0.25) is 5.91 Å². The minimum absolute atomic E-state index is 0.289. The maximum atomic E-state index is 10.9. The average molecular weight is 291 g/mol. The lowest BCUT2D eigenvalue weighted by molar-refractivity contribution is -0.123. The lowest BCUT2D eigenvalue weighted by atomic mass is 10.2. The van der Waals surface area contributed by atoms with Gasteiger partial charge in [0, 0.05) is 39.3 Å². The predicted molar refractivity (Wildman–Crippen MR) is 82.9 cm³/mol. The Morgan fingerprint density at radius 3 is 2.43 bits per heavy atom. The van der Waals surface area contributed by atoms with Gasteiger partial charge in [0.25, 0.3) is 0 Å². The zero-order chi connectivity index (χ0) is 14.9. The molecule has 116 valence electrons. The van der Waals surface area contributed by atoms with Gasteiger partial charge in [0.1, 0.15) is 6.61 Å². The van der Waals surface area contributed by atoms with Crippen LogP contribution in [0.3, 0.4) is 0 Å². The Kier molecular flexibility index (Phi) is 6.66. The second kappa shape index (κ2) is 8.77. The number of benzene rings is 1. The van der Waals surface area contributed by atoms with E-state index in [4.69, 9.17) is 5.11 Å². The monoisotopic (exact) mass is 291 g/mol. The highest BCUT2D eigenvalue weighted by atomic mass is 16.3. The Balaban J connectivity index is 1.59. The first-order chi connectivity index (χ1) is 10.3. The molecule has 0 spiro atoms. The van der Waals surface area contributed by atoms with E-state index in [1.54, 1.807) is 0 Å².